The third-order valence-corrected chi connectivity index (χ3v) is 3.40. The van der Waals surface area contributed by atoms with Gasteiger partial charge in [-0.05, 0) is 29.3 Å². The maximum atomic E-state index is 12.1. The largest absolute Gasteiger partial charge is 0.346 e. The van der Waals surface area contributed by atoms with Crippen molar-refractivity contribution < 1.29 is 4.79 Å². The van der Waals surface area contributed by atoms with Gasteiger partial charge in [-0.25, -0.2) is 0 Å². The minimum atomic E-state index is -0.148. The van der Waals surface area contributed by atoms with Gasteiger partial charge in [0.2, 0.25) is 0 Å². The molecule has 0 bridgehead atoms. The highest BCUT2D eigenvalue weighted by atomic mass is 16.1. The van der Waals surface area contributed by atoms with E-state index in [4.69, 9.17) is 0 Å². The number of fused-ring (bicyclic) bond motifs is 1. The lowest BCUT2D eigenvalue weighted by Gasteiger charge is -2.15. The molecule has 1 atom stereocenters. The lowest BCUT2D eigenvalue weighted by atomic mass is 10.0. The molecule has 2 aromatic carbocycles. The summed E-state index contributed by atoms with van der Waals surface area (Å²) in [6, 6.07) is 14.3. The van der Waals surface area contributed by atoms with Gasteiger partial charge < -0.3 is 5.32 Å². The fourth-order valence-electron chi connectivity index (χ4n) is 2.20. The van der Waals surface area contributed by atoms with Gasteiger partial charge in [-0.1, -0.05) is 67.8 Å². The number of carbonyl (C=O) groups is 1. The van der Waals surface area contributed by atoms with Crippen molar-refractivity contribution in [2.45, 2.75) is 13.0 Å². The van der Waals surface area contributed by atoms with Gasteiger partial charge in [-0.2, -0.15) is 0 Å². The Kier molecular flexibility index (Phi) is 4.72. The zero-order chi connectivity index (χ0) is 15.2. The summed E-state index contributed by atoms with van der Waals surface area (Å²) in [5.74, 6) is -0.148. The highest BCUT2D eigenvalue weighted by molar-refractivity contribution is 5.96. The van der Waals surface area contributed by atoms with E-state index in [1.807, 2.05) is 25.1 Å². The number of hydrogen-bond donors (Lipinski definition) is 1. The summed E-state index contributed by atoms with van der Waals surface area (Å²) in [7, 11) is 0. The molecule has 21 heavy (non-hydrogen) atoms. The Labute approximate surface area is 125 Å². The van der Waals surface area contributed by atoms with Gasteiger partial charge in [0.05, 0.1) is 6.04 Å². The summed E-state index contributed by atoms with van der Waals surface area (Å²) < 4.78 is 0. The normalized spacial score (nSPS) is 12.7. The summed E-state index contributed by atoms with van der Waals surface area (Å²) in [5, 5.41) is 5.33. The van der Waals surface area contributed by atoms with Crippen LogP contribution < -0.4 is 5.32 Å². The molecule has 0 fully saturated rings. The van der Waals surface area contributed by atoms with Crippen LogP contribution in [-0.4, -0.2) is 5.91 Å². The predicted molar refractivity (Wildman–Crippen MR) is 89.0 cm³/mol. The first-order valence-corrected chi connectivity index (χ1v) is 6.90. The SMILES string of the molecule is C=C/C=C(\C=C)C(=O)NC(C)c1ccc2ccccc2c1. The first-order valence-electron chi connectivity index (χ1n) is 6.90. The van der Waals surface area contributed by atoms with E-state index >= 15 is 0 Å². The minimum Gasteiger partial charge on any atom is -0.346 e. The predicted octanol–water partition coefficient (Wildman–Crippen LogP) is 4.32. The maximum absolute atomic E-state index is 12.1. The number of benzene rings is 2. The van der Waals surface area contributed by atoms with Crippen molar-refractivity contribution >= 4 is 16.7 Å². The molecule has 0 spiro atoms. The molecule has 106 valence electrons. The molecular weight excluding hydrogens is 258 g/mol. The molecule has 0 radical (unpaired) electrons. The molecule has 0 aliphatic heterocycles. The van der Waals surface area contributed by atoms with Crippen molar-refractivity contribution in [3.63, 3.8) is 0 Å². The Bertz CT molecular complexity index is 712. The number of amides is 1. The van der Waals surface area contributed by atoms with Gasteiger partial charge in [0, 0.05) is 5.57 Å². The van der Waals surface area contributed by atoms with Crippen LogP contribution in [0.5, 0.6) is 0 Å². The topological polar surface area (TPSA) is 29.1 Å². The Morgan fingerprint density at radius 2 is 1.86 bits per heavy atom. The first kappa shape index (κ1) is 14.8. The van der Waals surface area contributed by atoms with Crippen LogP contribution in [-0.2, 0) is 4.79 Å². The van der Waals surface area contributed by atoms with Crippen molar-refractivity contribution in [2.24, 2.45) is 0 Å². The quantitative estimate of drug-likeness (QED) is 0.640. The maximum Gasteiger partial charge on any atom is 0.251 e. The molecule has 0 aliphatic carbocycles. The first-order chi connectivity index (χ1) is 10.2. The molecule has 2 nitrogen and oxygen atoms in total. The van der Waals surface area contributed by atoms with Crippen LogP contribution in [0.4, 0.5) is 0 Å². The lowest BCUT2D eigenvalue weighted by Crippen LogP contribution is -2.27. The average Bonchev–Trinajstić information content (AvgIpc) is 2.51. The fraction of sp³-hybridized carbons (Fsp3) is 0.105. The summed E-state index contributed by atoms with van der Waals surface area (Å²) in [6.07, 6.45) is 4.76. The summed E-state index contributed by atoms with van der Waals surface area (Å²) >= 11 is 0. The third-order valence-electron chi connectivity index (χ3n) is 3.40. The minimum absolute atomic E-state index is 0.0738. The van der Waals surface area contributed by atoms with Gasteiger partial charge >= 0.3 is 0 Å². The molecule has 2 rings (SSSR count). The second kappa shape index (κ2) is 6.71. The van der Waals surface area contributed by atoms with E-state index in [-0.39, 0.29) is 11.9 Å². The third kappa shape index (κ3) is 3.48. The molecule has 0 aliphatic rings. The van der Waals surface area contributed by atoms with E-state index in [1.165, 1.54) is 16.8 Å². The van der Waals surface area contributed by atoms with E-state index < -0.39 is 0 Å². The highest BCUT2D eigenvalue weighted by Crippen LogP contribution is 2.20. The zero-order valence-corrected chi connectivity index (χ0v) is 12.2. The number of nitrogens with one attached hydrogen (secondary N) is 1. The van der Waals surface area contributed by atoms with Crippen LogP contribution in [0.1, 0.15) is 18.5 Å². The van der Waals surface area contributed by atoms with Gasteiger partial charge in [0.15, 0.2) is 0 Å². The molecule has 1 unspecified atom stereocenters. The second-order valence-corrected chi connectivity index (χ2v) is 4.86. The van der Waals surface area contributed by atoms with Gasteiger partial charge in [0.25, 0.3) is 5.91 Å². The van der Waals surface area contributed by atoms with Gasteiger partial charge in [-0.3, -0.25) is 4.79 Å². The number of carbonyl (C=O) groups excluding carboxylic acids is 1. The van der Waals surface area contributed by atoms with Crippen molar-refractivity contribution in [1.82, 2.24) is 5.32 Å². The highest BCUT2D eigenvalue weighted by Gasteiger charge is 2.11. The fourth-order valence-corrected chi connectivity index (χ4v) is 2.20. The molecule has 0 saturated heterocycles. The molecular formula is C19H19NO. The molecule has 2 heteroatoms. The molecule has 1 amide bonds. The second-order valence-electron chi connectivity index (χ2n) is 4.86. The lowest BCUT2D eigenvalue weighted by molar-refractivity contribution is -0.117. The Balaban J connectivity index is 2.20. The van der Waals surface area contributed by atoms with Crippen molar-refractivity contribution in [2.75, 3.05) is 0 Å². The van der Waals surface area contributed by atoms with Crippen molar-refractivity contribution in [1.29, 1.82) is 0 Å². The monoisotopic (exact) mass is 277 g/mol. The van der Waals surface area contributed by atoms with Gasteiger partial charge in [0.1, 0.15) is 0 Å². The molecule has 0 saturated carbocycles. The average molecular weight is 277 g/mol. The van der Waals surface area contributed by atoms with E-state index in [2.05, 4.69) is 42.7 Å². The van der Waals surface area contributed by atoms with Crippen LogP contribution in [0.2, 0.25) is 0 Å². The Morgan fingerprint density at radius 1 is 1.14 bits per heavy atom. The summed E-state index contributed by atoms with van der Waals surface area (Å²) in [4.78, 5) is 12.1. The number of hydrogen-bond acceptors (Lipinski definition) is 1. The Morgan fingerprint density at radius 3 is 2.52 bits per heavy atom. The molecule has 1 N–H and O–H groups in total. The van der Waals surface area contributed by atoms with E-state index in [1.54, 1.807) is 12.2 Å². The molecule has 0 aromatic heterocycles. The molecule has 2 aromatic rings. The van der Waals surface area contributed by atoms with E-state index in [0.717, 1.165) is 5.56 Å². The van der Waals surface area contributed by atoms with Crippen molar-refractivity contribution in [3.05, 3.63) is 85.0 Å². The van der Waals surface area contributed by atoms with E-state index in [0.29, 0.717) is 5.57 Å². The smallest absolute Gasteiger partial charge is 0.251 e. The van der Waals surface area contributed by atoms with E-state index in [9.17, 15) is 4.79 Å². The number of rotatable bonds is 5. The standard InChI is InChI=1S/C19H19NO/c1-4-8-15(5-2)19(21)20-14(3)17-12-11-16-9-6-7-10-18(16)13-17/h4-14H,1-2H2,3H3,(H,20,21)/b15-8+. The number of allylic oxidation sites excluding steroid dienone is 2. The van der Waals surface area contributed by atoms with Gasteiger partial charge in [-0.15, -0.1) is 0 Å². The zero-order valence-electron chi connectivity index (χ0n) is 12.2. The van der Waals surface area contributed by atoms with Crippen LogP contribution in [0.3, 0.4) is 0 Å². The summed E-state index contributed by atoms with van der Waals surface area (Å²) in [5.41, 5.74) is 1.58. The van der Waals surface area contributed by atoms with Crippen LogP contribution >= 0.6 is 0 Å². The molecule has 0 heterocycles. The van der Waals surface area contributed by atoms with Crippen LogP contribution in [0.15, 0.2) is 79.4 Å². The Hall–Kier alpha value is -2.61. The van der Waals surface area contributed by atoms with Crippen LogP contribution in [0.25, 0.3) is 10.8 Å². The van der Waals surface area contributed by atoms with Crippen LogP contribution in [0, 0.1) is 0 Å². The summed E-state index contributed by atoms with van der Waals surface area (Å²) in [6.45, 7) is 9.21. The van der Waals surface area contributed by atoms with Crippen molar-refractivity contribution in [3.8, 4) is 0 Å².